The van der Waals surface area contributed by atoms with Crippen molar-refractivity contribution in [2.24, 2.45) is 0 Å². The molecule has 1 aromatic carbocycles. The third-order valence-electron chi connectivity index (χ3n) is 5.32. The van der Waals surface area contributed by atoms with Gasteiger partial charge in [-0.15, -0.1) is 0 Å². The number of anilines is 1. The van der Waals surface area contributed by atoms with Crippen molar-refractivity contribution in [1.82, 2.24) is 20.4 Å². The number of halogens is 1. The number of piperidine rings is 1. The number of nitrogens with zero attached hydrogens (tertiary/aromatic N) is 4. The molecule has 9 heteroatoms. The molecule has 3 amide bonds. The smallest absolute Gasteiger partial charge is 0.318 e. The molecule has 3 heterocycles. The maximum absolute atomic E-state index is 14.0. The number of hydrogen-bond donors (Lipinski definition) is 1. The third-order valence-corrected chi connectivity index (χ3v) is 5.32. The Morgan fingerprint density at radius 3 is 2.64 bits per heavy atom. The lowest BCUT2D eigenvalue weighted by Gasteiger charge is -2.31. The molecule has 1 unspecified atom stereocenters. The van der Waals surface area contributed by atoms with E-state index in [2.05, 4.69) is 15.5 Å². The number of hydrogen-bond acceptors (Lipinski definition) is 5. The molecule has 0 saturated carbocycles. The van der Waals surface area contributed by atoms with Gasteiger partial charge in [0, 0.05) is 25.6 Å². The summed E-state index contributed by atoms with van der Waals surface area (Å²) in [6, 6.07) is 5.26. The van der Waals surface area contributed by atoms with Gasteiger partial charge in [0.05, 0.1) is 5.69 Å². The van der Waals surface area contributed by atoms with Crippen LogP contribution in [0.1, 0.15) is 36.9 Å². The van der Waals surface area contributed by atoms with Crippen molar-refractivity contribution in [3.05, 3.63) is 41.8 Å². The number of likely N-dealkylation sites (tertiary alicyclic amines) is 1. The highest BCUT2D eigenvalue weighted by molar-refractivity contribution is 6.01. The van der Waals surface area contributed by atoms with Crippen LogP contribution in [0.25, 0.3) is 0 Å². The number of aromatic nitrogens is 2. The number of aryl methyl sites for hydroxylation is 1. The second kappa shape index (κ2) is 7.57. The van der Waals surface area contributed by atoms with Crippen molar-refractivity contribution in [2.45, 2.75) is 38.1 Å². The van der Waals surface area contributed by atoms with Crippen LogP contribution in [0.15, 0.2) is 28.8 Å². The Balaban J connectivity index is 1.32. The maximum Gasteiger partial charge on any atom is 0.318 e. The highest BCUT2D eigenvalue weighted by Gasteiger charge is 2.36. The van der Waals surface area contributed by atoms with E-state index in [1.807, 2.05) is 0 Å². The van der Waals surface area contributed by atoms with Crippen LogP contribution in [0, 0.1) is 12.7 Å². The Hall–Kier alpha value is -2.97. The molecular formula is C19H22FN5O3. The maximum atomic E-state index is 14.0. The number of carbonyl (C=O) groups excluding carboxylic acids is 2. The van der Waals surface area contributed by atoms with E-state index >= 15 is 0 Å². The molecule has 2 aliphatic rings. The van der Waals surface area contributed by atoms with E-state index in [-0.39, 0.29) is 23.5 Å². The van der Waals surface area contributed by atoms with Crippen molar-refractivity contribution in [3.8, 4) is 0 Å². The fourth-order valence-electron chi connectivity index (χ4n) is 3.77. The fraction of sp³-hybridized carbons (Fsp3) is 0.474. The van der Waals surface area contributed by atoms with E-state index in [0.29, 0.717) is 37.8 Å². The zero-order valence-corrected chi connectivity index (χ0v) is 15.6. The Bertz CT molecular complexity index is 878. The van der Waals surface area contributed by atoms with E-state index < -0.39 is 11.9 Å². The van der Waals surface area contributed by atoms with Gasteiger partial charge < -0.3 is 19.6 Å². The number of amides is 3. The summed E-state index contributed by atoms with van der Waals surface area (Å²) in [6.07, 6.45) is 1.92. The molecule has 1 N–H and O–H groups in total. The number of urea groups is 1. The number of carbonyl (C=O) groups is 2. The Labute approximate surface area is 161 Å². The van der Waals surface area contributed by atoms with Crippen molar-refractivity contribution >= 4 is 17.6 Å². The normalized spacial score (nSPS) is 20.6. The number of benzene rings is 1. The predicted octanol–water partition coefficient (Wildman–Crippen LogP) is 2.21. The van der Waals surface area contributed by atoms with Gasteiger partial charge in [-0.1, -0.05) is 17.3 Å². The fourth-order valence-corrected chi connectivity index (χ4v) is 3.77. The Kier molecular flexibility index (Phi) is 4.97. The number of rotatable bonds is 3. The van der Waals surface area contributed by atoms with Crippen LogP contribution in [0.5, 0.6) is 0 Å². The second-order valence-electron chi connectivity index (χ2n) is 7.17. The average molecular weight is 387 g/mol. The molecule has 0 bridgehead atoms. The van der Waals surface area contributed by atoms with Gasteiger partial charge in [-0.2, -0.15) is 4.98 Å². The highest BCUT2D eigenvalue weighted by Crippen LogP contribution is 2.27. The minimum atomic E-state index is -0.636. The van der Waals surface area contributed by atoms with Gasteiger partial charge in [0.15, 0.2) is 5.82 Å². The molecule has 2 saturated heterocycles. The monoisotopic (exact) mass is 387 g/mol. The van der Waals surface area contributed by atoms with Gasteiger partial charge >= 0.3 is 6.03 Å². The Morgan fingerprint density at radius 1 is 1.21 bits per heavy atom. The van der Waals surface area contributed by atoms with E-state index in [1.54, 1.807) is 30.0 Å². The van der Waals surface area contributed by atoms with E-state index in [9.17, 15) is 14.0 Å². The van der Waals surface area contributed by atoms with Crippen LogP contribution < -0.4 is 10.2 Å². The SMILES string of the molecule is Cc1noc(C2CCN(C(=O)NC3CCN(c4ccccc4F)C3=O)CC2)n1. The van der Waals surface area contributed by atoms with Crippen LogP contribution in [-0.4, -0.2) is 52.7 Å². The average Bonchev–Trinajstić information content (AvgIpc) is 3.29. The second-order valence-corrected chi connectivity index (χ2v) is 7.17. The summed E-state index contributed by atoms with van der Waals surface area (Å²) in [4.78, 5) is 32.5. The first kappa shape index (κ1) is 18.4. The lowest BCUT2D eigenvalue weighted by molar-refractivity contribution is -0.118. The first-order valence-electron chi connectivity index (χ1n) is 9.44. The molecule has 2 fully saturated rings. The standard InChI is InChI=1S/C19H22FN5O3/c1-12-21-17(28-23-12)13-6-9-24(10-7-13)19(27)22-15-8-11-25(18(15)26)16-5-3-2-4-14(16)20/h2-5,13,15H,6-11H2,1H3,(H,22,27). The summed E-state index contributed by atoms with van der Waals surface area (Å²) in [5.41, 5.74) is 0.250. The van der Waals surface area contributed by atoms with Gasteiger partial charge in [-0.3, -0.25) is 4.79 Å². The van der Waals surface area contributed by atoms with Crippen molar-refractivity contribution in [3.63, 3.8) is 0 Å². The van der Waals surface area contributed by atoms with Crippen molar-refractivity contribution < 1.29 is 18.5 Å². The van der Waals surface area contributed by atoms with Gasteiger partial charge in [-0.25, -0.2) is 9.18 Å². The summed E-state index contributed by atoms with van der Waals surface area (Å²) in [5, 5.41) is 6.61. The minimum Gasteiger partial charge on any atom is -0.339 e. The van der Waals surface area contributed by atoms with Crippen molar-refractivity contribution in [1.29, 1.82) is 0 Å². The molecule has 2 aromatic rings. The first-order valence-corrected chi connectivity index (χ1v) is 9.44. The lowest BCUT2D eigenvalue weighted by atomic mass is 9.97. The van der Waals surface area contributed by atoms with Crippen LogP contribution in [0.2, 0.25) is 0 Å². The summed E-state index contributed by atoms with van der Waals surface area (Å²) in [7, 11) is 0. The van der Waals surface area contributed by atoms with Crippen LogP contribution >= 0.6 is 0 Å². The molecule has 4 rings (SSSR count). The van der Waals surface area contributed by atoms with E-state index in [0.717, 1.165) is 12.8 Å². The predicted molar refractivity (Wildman–Crippen MR) is 98.3 cm³/mol. The van der Waals surface area contributed by atoms with Gasteiger partial charge in [-0.05, 0) is 38.3 Å². The zero-order valence-electron chi connectivity index (χ0n) is 15.6. The van der Waals surface area contributed by atoms with Crippen LogP contribution in [0.3, 0.4) is 0 Å². The molecule has 0 spiro atoms. The third kappa shape index (κ3) is 3.56. The molecule has 0 radical (unpaired) electrons. The van der Waals surface area contributed by atoms with Crippen molar-refractivity contribution in [2.75, 3.05) is 24.5 Å². The van der Waals surface area contributed by atoms with Gasteiger partial charge in [0.25, 0.3) is 0 Å². The lowest BCUT2D eigenvalue weighted by Crippen LogP contribution is -2.50. The minimum absolute atomic E-state index is 0.148. The largest absolute Gasteiger partial charge is 0.339 e. The van der Waals surface area contributed by atoms with E-state index in [4.69, 9.17) is 4.52 Å². The summed E-state index contributed by atoms with van der Waals surface area (Å²) in [6.45, 7) is 3.26. The molecule has 0 aliphatic carbocycles. The molecular weight excluding hydrogens is 365 g/mol. The van der Waals surface area contributed by atoms with Gasteiger partial charge in [0.1, 0.15) is 11.9 Å². The first-order chi connectivity index (χ1) is 13.5. The molecule has 2 aliphatic heterocycles. The summed E-state index contributed by atoms with van der Waals surface area (Å²) >= 11 is 0. The van der Waals surface area contributed by atoms with E-state index in [1.165, 1.54) is 11.0 Å². The highest BCUT2D eigenvalue weighted by atomic mass is 19.1. The number of para-hydroxylation sites is 1. The number of nitrogens with one attached hydrogen (secondary N) is 1. The quantitative estimate of drug-likeness (QED) is 0.872. The summed E-state index contributed by atoms with van der Waals surface area (Å²) < 4.78 is 19.2. The van der Waals surface area contributed by atoms with Gasteiger partial charge in [0.2, 0.25) is 11.8 Å². The topological polar surface area (TPSA) is 91.6 Å². The van der Waals surface area contributed by atoms with Crippen LogP contribution in [-0.2, 0) is 4.79 Å². The molecule has 148 valence electrons. The zero-order chi connectivity index (χ0) is 19.7. The van der Waals surface area contributed by atoms with Crippen LogP contribution in [0.4, 0.5) is 14.9 Å². The molecule has 1 aromatic heterocycles. The molecule has 8 nitrogen and oxygen atoms in total. The summed E-state index contributed by atoms with van der Waals surface area (Å²) in [5.74, 6) is 0.643. The molecule has 1 atom stereocenters. The molecule has 28 heavy (non-hydrogen) atoms. The Morgan fingerprint density at radius 2 is 1.96 bits per heavy atom.